The molecule has 0 aromatic rings. The molecular formula is C5H18O3Si4. The summed E-state index contributed by atoms with van der Waals surface area (Å²) in [5.41, 5.74) is 0. The average Bonchev–Trinajstić information content (AvgIpc) is 2.06. The minimum atomic E-state index is -0.595. The number of rotatable bonds is 4. The molecule has 0 spiro atoms. The summed E-state index contributed by atoms with van der Waals surface area (Å²) >= 11 is 0. The highest BCUT2D eigenvalue weighted by atomic mass is 28.4. The molecule has 1 rings (SSSR count). The Morgan fingerprint density at radius 1 is 1.42 bits per heavy atom. The topological polar surface area (TPSA) is 27.7 Å². The first-order chi connectivity index (χ1) is 5.77. The molecule has 3 nitrogen and oxygen atoms in total. The van der Waals surface area contributed by atoms with E-state index in [4.69, 9.17) is 13.0 Å². The van der Waals surface area contributed by atoms with Crippen molar-refractivity contribution in [3.8, 4) is 0 Å². The van der Waals surface area contributed by atoms with Crippen molar-refractivity contribution >= 4 is 40.5 Å². The van der Waals surface area contributed by atoms with Crippen LogP contribution in [-0.4, -0.2) is 52.0 Å². The highest BCUT2D eigenvalue weighted by Gasteiger charge is 2.28. The first-order valence-corrected chi connectivity index (χ1v) is 8.73. The van der Waals surface area contributed by atoms with Crippen LogP contribution in [0.1, 0.15) is 19.3 Å². The molecule has 72 valence electrons. The normalized spacial score (nSPS) is 33.0. The third kappa shape index (κ3) is 3.64. The maximum atomic E-state index is 5.79. The molecule has 1 aliphatic rings. The van der Waals surface area contributed by atoms with Gasteiger partial charge in [-0.05, 0) is 19.3 Å². The molecule has 7 heteroatoms. The monoisotopic (exact) mass is 238 g/mol. The molecule has 0 radical (unpaired) electrons. The van der Waals surface area contributed by atoms with Crippen LogP contribution < -0.4 is 0 Å². The van der Waals surface area contributed by atoms with Crippen LogP contribution in [0.25, 0.3) is 0 Å². The lowest BCUT2D eigenvalue weighted by atomic mass is 10.2. The largest absolute Gasteiger partial charge is 0.449 e. The van der Waals surface area contributed by atoms with E-state index in [1.54, 1.807) is 0 Å². The Kier molecular flexibility index (Phi) is 4.94. The smallest absolute Gasteiger partial charge is 0.282 e. The SMILES string of the molecule is [SiH3]O[SiH2]O[SiH2]C1([SiH3])CCCCO1. The second-order valence-corrected chi connectivity index (χ2v) is 12.7. The van der Waals surface area contributed by atoms with Crippen molar-refractivity contribution in [2.24, 2.45) is 0 Å². The maximum Gasteiger partial charge on any atom is 0.282 e. The standard InChI is InChI=1S/C5H18O3Si4/c9-5(11-8-12-7-10)3-1-2-4-6-5/h1-4,11-12H2,9-10H3. The average molecular weight is 239 g/mol. The number of hydrogen-bond donors (Lipinski definition) is 0. The fourth-order valence-electron chi connectivity index (χ4n) is 1.45. The zero-order chi connectivity index (χ0) is 8.86. The van der Waals surface area contributed by atoms with Gasteiger partial charge < -0.3 is 13.0 Å². The highest BCUT2D eigenvalue weighted by Crippen LogP contribution is 2.20. The summed E-state index contributed by atoms with van der Waals surface area (Å²) in [6, 6.07) is 0. The minimum absolute atomic E-state index is 0.255. The molecule has 0 aromatic heterocycles. The third-order valence-electron chi connectivity index (χ3n) is 2.16. The first kappa shape index (κ1) is 10.8. The highest BCUT2D eigenvalue weighted by molar-refractivity contribution is 6.53. The van der Waals surface area contributed by atoms with Crippen molar-refractivity contribution in [2.45, 2.75) is 24.1 Å². The van der Waals surface area contributed by atoms with Crippen molar-refractivity contribution in [1.29, 1.82) is 0 Å². The van der Waals surface area contributed by atoms with Gasteiger partial charge >= 0.3 is 0 Å². The van der Waals surface area contributed by atoms with Gasteiger partial charge in [0.25, 0.3) is 10.0 Å². The van der Waals surface area contributed by atoms with Gasteiger partial charge in [0.15, 0.2) is 9.76 Å². The van der Waals surface area contributed by atoms with Gasteiger partial charge in [0.05, 0.1) is 4.85 Å². The van der Waals surface area contributed by atoms with Crippen LogP contribution in [-0.2, 0) is 13.0 Å². The summed E-state index contributed by atoms with van der Waals surface area (Å²) in [6.45, 7) is 0.961. The van der Waals surface area contributed by atoms with E-state index in [0.29, 0.717) is 0 Å². The van der Waals surface area contributed by atoms with Crippen LogP contribution in [0.4, 0.5) is 0 Å². The Labute approximate surface area is 84.5 Å². The Bertz CT molecular complexity index is 128. The van der Waals surface area contributed by atoms with Crippen LogP contribution >= 0.6 is 0 Å². The van der Waals surface area contributed by atoms with Crippen molar-refractivity contribution in [1.82, 2.24) is 0 Å². The van der Waals surface area contributed by atoms with Gasteiger partial charge in [0, 0.05) is 16.8 Å². The van der Waals surface area contributed by atoms with Crippen molar-refractivity contribution in [2.75, 3.05) is 6.61 Å². The van der Waals surface area contributed by atoms with Crippen LogP contribution in [0.3, 0.4) is 0 Å². The maximum absolute atomic E-state index is 5.79. The minimum Gasteiger partial charge on any atom is -0.449 e. The van der Waals surface area contributed by atoms with Crippen LogP contribution in [0.15, 0.2) is 0 Å². The van der Waals surface area contributed by atoms with Crippen LogP contribution in [0.5, 0.6) is 0 Å². The Morgan fingerprint density at radius 3 is 2.83 bits per heavy atom. The lowest BCUT2D eigenvalue weighted by Gasteiger charge is -2.33. The Hall–Kier alpha value is 0.748. The molecule has 0 bridgehead atoms. The van der Waals surface area contributed by atoms with Crippen molar-refractivity contribution < 1.29 is 13.0 Å². The summed E-state index contributed by atoms with van der Waals surface area (Å²) in [6.07, 6.45) is 3.83. The van der Waals surface area contributed by atoms with E-state index in [0.717, 1.165) is 27.3 Å². The summed E-state index contributed by atoms with van der Waals surface area (Å²) in [5, 5.41) is 0. The van der Waals surface area contributed by atoms with Crippen molar-refractivity contribution in [3.63, 3.8) is 0 Å². The molecule has 1 atom stereocenters. The summed E-state index contributed by atoms with van der Waals surface area (Å²) in [5.74, 6) is 0. The van der Waals surface area contributed by atoms with Crippen LogP contribution in [0.2, 0.25) is 0 Å². The molecule has 1 saturated heterocycles. The molecule has 12 heavy (non-hydrogen) atoms. The van der Waals surface area contributed by atoms with Gasteiger partial charge in [-0.1, -0.05) is 0 Å². The van der Waals surface area contributed by atoms with Gasteiger partial charge in [-0.3, -0.25) is 0 Å². The van der Waals surface area contributed by atoms with E-state index >= 15 is 0 Å². The molecule has 1 fully saturated rings. The van der Waals surface area contributed by atoms with Crippen LogP contribution in [0, 0.1) is 0 Å². The molecule has 1 unspecified atom stereocenters. The number of hydrogen-bond acceptors (Lipinski definition) is 3. The second-order valence-electron chi connectivity index (χ2n) is 3.51. The summed E-state index contributed by atoms with van der Waals surface area (Å²) in [4.78, 5) is 0.255. The molecule has 0 aromatic carbocycles. The molecule has 0 saturated carbocycles. The fourth-order valence-corrected chi connectivity index (χ4v) is 8.69. The predicted molar refractivity (Wildman–Crippen MR) is 61.7 cm³/mol. The van der Waals surface area contributed by atoms with E-state index in [9.17, 15) is 0 Å². The molecular weight excluding hydrogens is 220 g/mol. The summed E-state index contributed by atoms with van der Waals surface area (Å²) < 4.78 is 16.5. The van der Waals surface area contributed by atoms with E-state index in [1.807, 2.05) is 0 Å². The molecule has 0 aliphatic carbocycles. The van der Waals surface area contributed by atoms with E-state index in [2.05, 4.69) is 0 Å². The number of ether oxygens (including phenoxy) is 1. The molecule has 0 N–H and O–H groups in total. The van der Waals surface area contributed by atoms with Gasteiger partial charge in [-0.2, -0.15) is 0 Å². The molecule has 1 aliphatic heterocycles. The lowest BCUT2D eigenvalue weighted by Crippen LogP contribution is -2.44. The zero-order valence-electron chi connectivity index (χ0n) is 7.97. The van der Waals surface area contributed by atoms with Crippen molar-refractivity contribution in [3.05, 3.63) is 0 Å². The molecule has 1 heterocycles. The van der Waals surface area contributed by atoms with E-state index < -0.39 is 19.8 Å². The third-order valence-corrected chi connectivity index (χ3v) is 7.41. The zero-order valence-corrected chi connectivity index (χ0v) is 14.8. The fraction of sp³-hybridized carbons (Fsp3) is 1.00. The molecule has 0 amide bonds. The Balaban J connectivity index is 2.17. The Morgan fingerprint density at radius 2 is 2.25 bits per heavy atom. The summed E-state index contributed by atoms with van der Waals surface area (Å²) in [7, 11) is 0.939. The van der Waals surface area contributed by atoms with Gasteiger partial charge in [-0.15, -0.1) is 0 Å². The predicted octanol–water partition coefficient (Wildman–Crippen LogP) is -3.40. The van der Waals surface area contributed by atoms with Gasteiger partial charge in [0.1, 0.15) is 10.5 Å². The quantitative estimate of drug-likeness (QED) is 0.378. The second kappa shape index (κ2) is 5.47. The van der Waals surface area contributed by atoms with E-state index in [-0.39, 0.29) is 4.85 Å². The van der Waals surface area contributed by atoms with Gasteiger partial charge in [0.2, 0.25) is 0 Å². The lowest BCUT2D eigenvalue weighted by molar-refractivity contribution is 0.0300. The first-order valence-electron chi connectivity index (χ1n) is 4.47. The van der Waals surface area contributed by atoms with Gasteiger partial charge in [-0.25, -0.2) is 0 Å². The van der Waals surface area contributed by atoms with E-state index in [1.165, 1.54) is 19.3 Å².